The van der Waals surface area contributed by atoms with Crippen LogP contribution in [0, 0.1) is 13.8 Å². The lowest BCUT2D eigenvalue weighted by molar-refractivity contribution is -0.143. The fraction of sp³-hybridized carbons (Fsp3) is 0.273. The van der Waals surface area contributed by atoms with Gasteiger partial charge in [-0.25, -0.2) is 39.9 Å². The van der Waals surface area contributed by atoms with Gasteiger partial charge in [0.2, 0.25) is 0 Å². The van der Waals surface area contributed by atoms with Crippen LogP contribution in [0.5, 0.6) is 0 Å². The van der Waals surface area contributed by atoms with Crippen LogP contribution >= 0.6 is 45.3 Å². The van der Waals surface area contributed by atoms with Crippen molar-refractivity contribution in [3.8, 4) is 45.6 Å². The second-order valence-electron chi connectivity index (χ2n) is 25.2. The monoisotopic (exact) mass is 1580 g/mol. The Bertz CT molecular complexity index is 5000. The van der Waals surface area contributed by atoms with Gasteiger partial charge in [0.1, 0.15) is 23.3 Å². The number of esters is 4. The number of carbonyl (C=O) groups excluding carboxylic acids is 4. The molecule has 0 spiro atoms. The molecule has 20 nitrogen and oxygen atoms in total. The third-order valence-electron chi connectivity index (χ3n) is 17.3. The van der Waals surface area contributed by atoms with Crippen LogP contribution in [0.25, 0.3) is 45.6 Å². The van der Waals surface area contributed by atoms with Crippen LogP contribution in [0.1, 0.15) is 123 Å². The molecule has 0 fully saturated rings. The molecular formula is C88H96N12O8S4. The molecular weight excluding hydrogens is 1480 g/mol. The quantitative estimate of drug-likeness (QED) is 0.0174. The SMILES string of the molecule is C=CCc1c(C)nc(-c2ccsc2)nc1Nc1ccc(CC(=O)OCC)cc1.C=CCc1c(CC)nc(-c2ccsc2)nc1Nc1ccc(CC(=O)OCC)cc1.CCOC(=O)Cc1ccc(Nc2nc(-c3ccsc3)nc(C)c2CC)cc1.CCOC(=O)Cc1ccc(Nc2nc(-c3ccsc3)nc(CC)c2CC)cc1. The first-order chi connectivity index (χ1) is 54.5. The molecule has 0 amide bonds. The zero-order valence-corrected chi connectivity index (χ0v) is 68.4. The van der Waals surface area contributed by atoms with Crippen LogP contribution in [0.3, 0.4) is 0 Å². The van der Waals surface area contributed by atoms with Crippen molar-refractivity contribution in [3.05, 3.63) is 257 Å². The summed E-state index contributed by atoms with van der Waals surface area (Å²) < 4.78 is 20.0. The summed E-state index contributed by atoms with van der Waals surface area (Å²) >= 11 is 6.52. The van der Waals surface area contributed by atoms with Crippen molar-refractivity contribution >= 4 is 115 Å². The van der Waals surface area contributed by atoms with Crippen molar-refractivity contribution in [1.82, 2.24) is 39.9 Å². The van der Waals surface area contributed by atoms with E-state index < -0.39 is 0 Å². The molecule has 8 aromatic heterocycles. The smallest absolute Gasteiger partial charge is 0.310 e. The van der Waals surface area contributed by atoms with E-state index in [-0.39, 0.29) is 49.6 Å². The summed E-state index contributed by atoms with van der Waals surface area (Å²) in [4.78, 5) is 84.5. The second kappa shape index (κ2) is 43.8. The molecule has 0 aliphatic carbocycles. The molecule has 24 heteroatoms. The van der Waals surface area contributed by atoms with Crippen molar-refractivity contribution in [3.63, 3.8) is 0 Å². The maximum atomic E-state index is 11.7. The Kier molecular flexibility index (Phi) is 33.1. The van der Waals surface area contributed by atoms with E-state index in [0.717, 1.165) is 179 Å². The lowest BCUT2D eigenvalue weighted by Crippen LogP contribution is -2.08. The number of aryl methyl sites for hydroxylation is 4. The largest absolute Gasteiger partial charge is 0.466 e. The number of nitrogens with zero attached hydrogens (tertiary/aromatic N) is 8. The molecule has 0 saturated heterocycles. The molecule has 0 bridgehead atoms. The molecule has 4 aromatic carbocycles. The summed E-state index contributed by atoms with van der Waals surface area (Å²) in [6.45, 7) is 29.0. The zero-order chi connectivity index (χ0) is 79.7. The molecule has 4 N–H and O–H groups in total. The molecule has 0 aliphatic heterocycles. The predicted molar refractivity (Wildman–Crippen MR) is 456 cm³/mol. The van der Waals surface area contributed by atoms with Crippen LogP contribution in [0.4, 0.5) is 46.0 Å². The molecule has 0 saturated carbocycles. The molecule has 8 heterocycles. The van der Waals surface area contributed by atoms with Gasteiger partial charge in [0, 0.05) is 112 Å². The number of ether oxygens (including phenoxy) is 4. The van der Waals surface area contributed by atoms with Gasteiger partial charge in [-0.05, 0) is 197 Å². The first kappa shape index (κ1) is 84.6. The molecule has 12 rings (SSSR count). The number of carbonyl (C=O) groups is 4. The third-order valence-corrected chi connectivity index (χ3v) is 20.0. The van der Waals surface area contributed by atoms with Gasteiger partial charge < -0.3 is 40.2 Å². The van der Waals surface area contributed by atoms with E-state index in [9.17, 15) is 19.2 Å². The lowest BCUT2D eigenvalue weighted by atomic mass is 10.1. The Morgan fingerprint density at radius 1 is 0.330 bits per heavy atom. The Balaban J connectivity index is 0.000000171. The van der Waals surface area contributed by atoms with E-state index in [1.165, 1.54) is 0 Å². The molecule has 0 atom stereocenters. The molecule has 0 radical (unpaired) electrons. The summed E-state index contributed by atoms with van der Waals surface area (Å²) in [5.74, 6) is 5.27. The minimum atomic E-state index is -0.219. The van der Waals surface area contributed by atoms with Crippen molar-refractivity contribution < 1.29 is 38.1 Å². The van der Waals surface area contributed by atoms with Gasteiger partial charge >= 0.3 is 23.9 Å². The van der Waals surface area contributed by atoms with E-state index in [1.54, 1.807) is 52.3 Å². The first-order valence-corrected chi connectivity index (χ1v) is 41.2. The number of thiophene rings is 4. The number of aromatic nitrogens is 8. The van der Waals surface area contributed by atoms with Gasteiger partial charge in [0.25, 0.3) is 0 Å². The van der Waals surface area contributed by atoms with Crippen molar-refractivity contribution in [2.24, 2.45) is 0 Å². The van der Waals surface area contributed by atoms with E-state index in [0.29, 0.717) is 45.1 Å². The highest BCUT2D eigenvalue weighted by Crippen LogP contribution is 2.33. The standard InChI is InChI=1S/C23H25N3O2S.C22H23N3O2S.C22H25N3O2S.C21H23N3O2S/c1-4-7-19-20(5-2)25-22(17-12-13-29-15-17)26-23(19)24-18-10-8-16(9-11-18)14-21(27)28-6-3;1-4-6-19-15(3)23-21(17-11-12-28-14-17)25-22(19)24-18-9-7-16(8-10-18)13-20(26)27-5-2;1-4-18-19(5-2)24-21(16-11-12-28-14-16)25-22(18)23-17-9-7-15(8-10-17)13-20(26)27-6-3;1-4-18-14(3)22-20(16-10-11-27-13-16)24-21(18)23-17-8-6-15(7-9-17)12-19(25)26-5-2/h4,8-13,15H,1,5-7,14H2,2-3H3,(H,24,25,26);4,7-12,14H,1,5-6,13H2,2-3H3,(H,23,24,25);7-12,14H,4-6,13H2,1-3H3,(H,23,24,25);6-11,13H,4-5,12H2,1-3H3,(H,22,23,24). The Hall–Kier alpha value is -11.4. The minimum Gasteiger partial charge on any atom is -0.466 e. The fourth-order valence-electron chi connectivity index (χ4n) is 11.8. The summed E-state index contributed by atoms with van der Waals surface area (Å²) in [6.07, 6.45) is 9.57. The summed E-state index contributed by atoms with van der Waals surface area (Å²) in [6, 6.07) is 39.1. The molecule has 12 aromatic rings. The van der Waals surface area contributed by atoms with E-state index >= 15 is 0 Å². The molecule has 112 heavy (non-hydrogen) atoms. The number of nitrogens with one attached hydrogen (secondary N) is 4. The average molecular weight is 1580 g/mol. The van der Waals surface area contributed by atoms with Crippen LogP contribution in [-0.2, 0) is 102 Å². The first-order valence-electron chi connectivity index (χ1n) is 37.4. The Morgan fingerprint density at radius 3 is 0.857 bits per heavy atom. The Labute approximate surface area is 672 Å². The highest BCUT2D eigenvalue weighted by atomic mass is 32.1. The maximum Gasteiger partial charge on any atom is 0.310 e. The van der Waals surface area contributed by atoms with Gasteiger partial charge in [0.15, 0.2) is 23.3 Å². The summed E-state index contributed by atoms with van der Waals surface area (Å²) in [5.41, 5.74) is 19.7. The van der Waals surface area contributed by atoms with Crippen LogP contribution in [0.2, 0.25) is 0 Å². The Morgan fingerprint density at radius 2 is 0.589 bits per heavy atom. The second-order valence-corrected chi connectivity index (χ2v) is 28.3. The van der Waals surface area contributed by atoms with Crippen molar-refractivity contribution in [1.29, 1.82) is 0 Å². The van der Waals surface area contributed by atoms with Gasteiger partial charge in [-0.1, -0.05) is 88.4 Å². The highest BCUT2D eigenvalue weighted by molar-refractivity contribution is 7.09. The number of allylic oxidation sites excluding steroid dienone is 2. The van der Waals surface area contributed by atoms with Gasteiger partial charge in [-0.15, -0.1) is 13.2 Å². The van der Waals surface area contributed by atoms with Gasteiger partial charge in [0.05, 0.1) is 52.1 Å². The molecule has 0 unspecified atom stereocenters. The van der Waals surface area contributed by atoms with Crippen LogP contribution in [0.15, 0.2) is 190 Å². The lowest BCUT2D eigenvalue weighted by Gasteiger charge is -2.15. The van der Waals surface area contributed by atoms with E-state index in [1.807, 2.05) is 200 Å². The molecule has 0 aliphatic rings. The minimum absolute atomic E-state index is 0.208. The van der Waals surface area contributed by atoms with Crippen molar-refractivity contribution in [2.45, 2.75) is 133 Å². The average Bonchev–Trinajstić information content (AvgIpc) is 1.42. The maximum absolute atomic E-state index is 11.7. The topological polar surface area (TPSA) is 256 Å². The molecule has 580 valence electrons. The van der Waals surface area contributed by atoms with Gasteiger partial charge in [-0.2, -0.15) is 45.3 Å². The summed E-state index contributed by atoms with van der Waals surface area (Å²) in [5, 5.41) is 30.0. The van der Waals surface area contributed by atoms with E-state index in [2.05, 4.69) is 82.8 Å². The van der Waals surface area contributed by atoms with Crippen molar-refractivity contribution in [2.75, 3.05) is 47.7 Å². The number of hydrogen-bond acceptors (Lipinski definition) is 24. The normalized spacial score (nSPS) is 10.6. The number of anilines is 8. The highest BCUT2D eigenvalue weighted by Gasteiger charge is 2.20. The number of hydrogen-bond donors (Lipinski definition) is 4. The third kappa shape index (κ3) is 24.8. The zero-order valence-electron chi connectivity index (χ0n) is 65.1. The van der Waals surface area contributed by atoms with E-state index in [4.69, 9.17) is 48.9 Å². The number of benzene rings is 4. The van der Waals surface area contributed by atoms with Crippen LogP contribution < -0.4 is 21.3 Å². The predicted octanol–water partition coefficient (Wildman–Crippen LogP) is 20.5. The van der Waals surface area contributed by atoms with Crippen LogP contribution in [-0.4, -0.2) is 90.2 Å². The summed E-state index contributed by atoms with van der Waals surface area (Å²) in [7, 11) is 0. The number of rotatable bonds is 32. The fourth-order valence-corrected chi connectivity index (χ4v) is 14.3. The van der Waals surface area contributed by atoms with Gasteiger partial charge in [-0.3, -0.25) is 19.2 Å².